The van der Waals surface area contributed by atoms with Gasteiger partial charge in [0.15, 0.2) is 5.16 Å². The average molecular weight is 521 g/mol. The first-order chi connectivity index (χ1) is 17.4. The molecule has 0 aliphatic rings. The van der Waals surface area contributed by atoms with Gasteiger partial charge in [-0.2, -0.15) is 0 Å². The van der Waals surface area contributed by atoms with E-state index in [9.17, 15) is 9.59 Å². The van der Waals surface area contributed by atoms with E-state index in [4.69, 9.17) is 11.5 Å². The minimum atomic E-state index is -0.648. The van der Waals surface area contributed by atoms with Crippen LogP contribution < -0.4 is 16.8 Å². The van der Waals surface area contributed by atoms with Gasteiger partial charge in [0, 0.05) is 16.7 Å². The van der Waals surface area contributed by atoms with Crippen molar-refractivity contribution in [1.29, 1.82) is 0 Å². The van der Waals surface area contributed by atoms with Gasteiger partial charge in [0.2, 0.25) is 11.9 Å². The van der Waals surface area contributed by atoms with Crippen molar-refractivity contribution >= 4 is 45.9 Å². The number of hydrogen-bond acceptors (Lipinski definition) is 7. The van der Waals surface area contributed by atoms with E-state index in [1.165, 1.54) is 28.7 Å². The highest BCUT2D eigenvalue weighted by atomic mass is 32.2. The second-order valence-corrected chi connectivity index (χ2v) is 10.2. The largest absolute Gasteiger partial charge is 0.368 e. The molecule has 4 rings (SSSR count). The van der Waals surface area contributed by atoms with Crippen LogP contribution in [-0.2, 0) is 11.2 Å². The van der Waals surface area contributed by atoms with Gasteiger partial charge in [0.25, 0.3) is 5.91 Å². The lowest BCUT2D eigenvalue weighted by Gasteiger charge is -2.19. The van der Waals surface area contributed by atoms with E-state index in [0.29, 0.717) is 27.7 Å². The van der Waals surface area contributed by atoms with Crippen molar-refractivity contribution in [3.05, 3.63) is 76.7 Å². The number of primary amides is 1. The van der Waals surface area contributed by atoms with Crippen LogP contribution in [0.15, 0.2) is 65.1 Å². The van der Waals surface area contributed by atoms with Crippen LogP contribution in [0.25, 0.3) is 11.1 Å². The maximum atomic E-state index is 13.4. The number of thiophene rings is 1. The quantitative estimate of drug-likeness (QED) is 0.255. The number of nitrogens with zero attached hydrogens (tertiary/aromatic N) is 3. The van der Waals surface area contributed by atoms with Crippen molar-refractivity contribution < 1.29 is 9.59 Å². The Labute approximate surface area is 218 Å². The Bertz CT molecular complexity index is 1350. The zero-order chi connectivity index (χ0) is 25.7. The number of amides is 2. The first-order valence-corrected chi connectivity index (χ1v) is 13.4. The molecule has 0 spiro atoms. The second kappa shape index (κ2) is 11.4. The summed E-state index contributed by atoms with van der Waals surface area (Å²) >= 11 is 2.77. The molecular formula is C26H28N6O2S2. The maximum Gasteiger partial charge on any atom is 0.252 e. The van der Waals surface area contributed by atoms with Crippen LogP contribution in [0.3, 0.4) is 0 Å². The van der Waals surface area contributed by atoms with Crippen LogP contribution in [0.4, 0.5) is 10.9 Å². The Morgan fingerprint density at radius 2 is 1.83 bits per heavy atom. The number of carbonyl (C=O) groups excluding carboxylic acids is 2. The number of nitrogens with two attached hydrogens (primary N) is 2. The number of hydrogen-bond donors (Lipinski definition) is 3. The lowest BCUT2D eigenvalue weighted by molar-refractivity contribution is -0.119. The van der Waals surface area contributed by atoms with Gasteiger partial charge in [0.05, 0.1) is 5.56 Å². The summed E-state index contributed by atoms with van der Waals surface area (Å²) in [6.07, 6.45) is 1.31. The molecule has 2 aromatic carbocycles. The number of nitrogens with one attached hydrogen (secondary N) is 1. The highest BCUT2D eigenvalue weighted by Gasteiger charge is 2.27. The molecule has 2 heterocycles. The minimum absolute atomic E-state index is 0.167. The molecule has 4 aromatic rings. The Morgan fingerprint density at radius 3 is 2.50 bits per heavy atom. The second-order valence-electron chi connectivity index (χ2n) is 8.29. The summed E-state index contributed by atoms with van der Waals surface area (Å²) in [5.74, 6) is 0.0161. The number of carbonyl (C=O) groups is 2. The fourth-order valence-corrected chi connectivity index (χ4v) is 5.86. The smallest absolute Gasteiger partial charge is 0.252 e. The van der Waals surface area contributed by atoms with E-state index in [-0.39, 0.29) is 11.9 Å². The molecule has 0 saturated heterocycles. The van der Waals surface area contributed by atoms with Crippen molar-refractivity contribution in [3.63, 3.8) is 0 Å². The summed E-state index contributed by atoms with van der Waals surface area (Å²) in [5.41, 5.74) is 16.0. The molecule has 186 valence electrons. The van der Waals surface area contributed by atoms with Crippen LogP contribution >= 0.6 is 23.1 Å². The van der Waals surface area contributed by atoms with Gasteiger partial charge >= 0.3 is 0 Å². The van der Waals surface area contributed by atoms with Gasteiger partial charge in [-0.05, 0) is 30.9 Å². The minimum Gasteiger partial charge on any atom is -0.368 e. The van der Waals surface area contributed by atoms with Crippen molar-refractivity contribution in [3.8, 4) is 11.1 Å². The molecule has 5 N–H and O–H groups in total. The van der Waals surface area contributed by atoms with E-state index in [2.05, 4.69) is 27.6 Å². The molecule has 0 aliphatic carbocycles. The van der Waals surface area contributed by atoms with Gasteiger partial charge in [-0.25, -0.2) is 0 Å². The molecule has 8 nitrogen and oxygen atoms in total. The summed E-state index contributed by atoms with van der Waals surface area (Å²) in [6, 6.07) is 17.3. The number of benzene rings is 2. The van der Waals surface area contributed by atoms with Crippen LogP contribution in [0.2, 0.25) is 0 Å². The third kappa shape index (κ3) is 5.60. The van der Waals surface area contributed by atoms with E-state index in [1.54, 1.807) is 4.57 Å². The number of anilines is 2. The third-order valence-electron chi connectivity index (χ3n) is 5.79. The summed E-state index contributed by atoms with van der Waals surface area (Å²) in [4.78, 5) is 25.8. The van der Waals surface area contributed by atoms with Crippen LogP contribution in [0, 0.1) is 6.92 Å². The Balaban J connectivity index is 1.54. The molecule has 2 aromatic heterocycles. The fourth-order valence-electron chi connectivity index (χ4n) is 3.91. The van der Waals surface area contributed by atoms with Crippen molar-refractivity contribution in [1.82, 2.24) is 14.8 Å². The lowest BCUT2D eigenvalue weighted by atomic mass is 10.0. The monoisotopic (exact) mass is 520 g/mol. The number of aromatic nitrogens is 3. The molecule has 0 fully saturated rings. The normalized spacial score (nSPS) is 11.8. The van der Waals surface area contributed by atoms with E-state index in [1.807, 2.05) is 61.7 Å². The van der Waals surface area contributed by atoms with Crippen molar-refractivity contribution in [2.75, 3.05) is 16.8 Å². The predicted molar refractivity (Wildman–Crippen MR) is 146 cm³/mol. The summed E-state index contributed by atoms with van der Waals surface area (Å²) < 4.78 is 1.66. The molecule has 0 radical (unpaired) electrons. The molecule has 10 heteroatoms. The van der Waals surface area contributed by atoms with Gasteiger partial charge < -0.3 is 16.8 Å². The molecule has 0 saturated carbocycles. The summed E-state index contributed by atoms with van der Waals surface area (Å²) in [5, 5.41) is 13.9. The zero-order valence-corrected chi connectivity index (χ0v) is 21.7. The van der Waals surface area contributed by atoms with Gasteiger partial charge in [-0.1, -0.05) is 78.8 Å². The molecule has 36 heavy (non-hydrogen) atoms. The first-order valence-electron chi connectivity index (χ1n) is 11.5. The number of thioether (sulfide) groups is 1. The Kier molecular flexibility index (Phi) is 8.07. The van der Waals surface area contributed by atoms with Crippen molar-refractivity contribution in [2.45, 2.75) is 37.9 Å². The molecule has 1 unspecified atom stereocenters. The number of nitrogen functional groups attached to an aromatic ring is 1. The molecule has 2 amide bonds. The fraction of sp³-hybridized carbons (Fsp3) is 0.231. The van der Waals surface area contributed by atoms with Gasteiger partial charge in [-0.3, -0.25) is 14.2 Å². The number of rotatable bonds is 10. The zero-order valence-electron chi connectivity index (χ0n) is 20.1. The van der Waals surface area contributed by atoms with Crippen molar-refractivity contribution in [2.24, 2.45) is 5.73 Å². The summed E-state index contributed by atoms with van der Waals surface area (Å²) in [7, 11) is 0. The van der Waals surface area contributed by atoms with Gasteiger partial charge in [0.1, 0.15) is 11.0 Å². The predicted octanol–water partition coefficient (Wildman–Crippen LogP) is 4.92. The van der Waals surface area contributed by atoms with Gasteiger partial charge in [-0.15, -0.1) is 21.5 Å². The molecule has 0 bridgehead atoms. The average Bonchev–Trinajstić information content (AvgIpc) is 3.45. The first kappa shape index (κ1) is 25.5. The maximum absolute atomic E-state index is 13.4. The van der Waals surface area contributed by atoms with Crippen LogP contribution in [0.1, 0.15) is 40.9 Å². The standard InChI is InChI=1S/C26H28N6O2S2/c1-3-20(32-25(28)30-31-26(32)35-14-13-17-7-5-4-6-8-17)23(34)29-24-21(22(27)33)19(15-36-24)18-11-9-16(2)10-12-18/h4-12,15,20H,3,13-14H2,1-2H3,(H2,27,33)(H2,28,30)(H,29,34). The molecule has 0 aliphatic heterocycles. The highest BCUT2D eigenvalue weighted by Crippen LogP contribution is 2.36. The molecule has 1 atom stereocenters. The number of aryl methyl sites for hydroxylation is 2. The Hall–Kier alpha value is -3.63. The van der Waals surface area contributed by atoms with Crippen LogP contribution in [-0.4, -0.2) is 32.3 Å². The highest BCUT2D eigenvalue weighted by molar-refractivity contribution is 7.99. The van der Waals surface area contributed by atoms with Crippen LogP contribution in [0.5, 0.6) is 0 Å². The Morgan fingerprint density at radius 1 is 1.11 bits per heavy atom. The molecular weight excluding hydrogens is 492 g/mol. The van der Waals surface area contributed by atoms with E-state index >= 15 is 0 Å². The summed E-state index contributed by atoms with van der Waals surface area (Å²) in [6.45, 7) is 3.89. The third-order valence-corrected chi connectivity index (χ3v) is 7.63. The SMILES string of the molecule is CCC(C(=O)Nc1scc(-c2ccc(C)cc2)c1C(N)=O)n1c(N)nnc1SCCc1ccccc1. The lowest BCUT2D eigenvalue weighted by Crippen LogP contribution is -2.28. The topological polar surface area (TPSA) is 129 Å². The van der Waals surface area contributed by atoms with E-state index < -0.39 is 11.9 Å². The van der Waals surface area contributed by atoms with E-state index in [0.717, 1.165) is 23.3 Å².